The fourth-order valence-corrected chi connectivity index (χ4v) is 1.93. The van der Waals surface area contributed by atoms with Crippen LogP contribution in [-0.2, 0) is 6.42 Å². The van der Waals surface area contributed by atoms with Crippen LogP contribution in [0.3, 0.4) is 0 Å². The number of anilines is 1. The van der Waals surface area contributed by atoms with Crippen LogP contribution in [0.2, 0.25) is 0 Å². The van der Waals surface area contributed by atoms with Crippen LogP contribution in [0.15, 0.2) is 6.07 Å². The summed E-state index contributed by atoms with van der Waals surface area (Å²) in [4.78, 5) is 9.08. The minimum absolute atomic E-state index is 0.526. The topological polar surface area (TPSA) is 75.7 Å². The molecule has 0 aliphatic rings. The maximum Gasteiger partial charge on any atom is 0.240 e. The molecule has 114 valence electrons. The average molecular weight is 289 g/mol. The van der Waals surface area contributed by atoms with Crippen LogP contribution in [-0.4, -0.2) is 26.7 Å². The molecule has 6 nitrogen and oxygen atoms in total. The first-order chi connectivity index (χ1) is 10.1. The molecule has 0 unspecified atom stereocenters. The molecule has 0 aliphatic carbocycles. The number of nitrogens with one attached hydrogen (secondary N) is 2. The molecule has 0 aromatic carbocycles. The second-order valence-electron chi connectivity index (χ2n) is 5.09. The highest BCUT2D eigenvalue weighted by Gasteiger charge is 2.13. The molecule has 0 atom stereocenters. The molecule has 0 radical (unpaired) electrons. The Labute approximate surface area is 125 Å². The second kappa shape index (κ2) is 7.06. The van der Waals surface area contributed by atoms with Gasteiger partial charge in [-0.15, -0.1) is 5.10 Å². The maximum atomic E-state index is 5.80. The first-order valence-corrected chi connectivity index (χ1v) is 7.45. The molecule has 2 aromatic rings. The third-order valence-corrected chi connectivity index (χ3v) is 3.05. The quantitative estimate of drug-likeness (QED) is 0.817. The lowest BCUT2D eigenvalue weighted by molar-refractivity contribution is 0.436. The molecule has 21 heavy (non-hydrogen) atoms. The molecule has 0 amide bonds. The summed E-state index contributed by atoms with van der Waals surface area (Å²) in [5.41, 5.74) is 1.86. The van der Waals surface area contributed by atoms with E-state index >= 15 is 0 Å². The summed E-state index contributed by atoms with van der Waals surface area (Å²) in [5, 5.41) is 10.3. The summed E-state index contributed by atoms with van der Waals surface area (Å²) in [6, 6.07) is 1.85. The van der Waals surface area contributed by atoms with Gasteiger partial charge in [-0.05, 0) is 26.7 Å². The predicted octanol–water partition coefficient (Wildman–Crippen LogP) is 3.38. The highest BCUT2D eigenvalue weighted by molar-refractivity contribution is 5.49. The maximum absolute atomic E-state index is 5.80. The van der Waals surface area contributed by atoms with Gasteiger partial charge in [-0.25, -0.2) is 4.98 Å². The number of aromatic amines is 1. The smallest absolute Gasteiger partial charge is 0.240 e. The van der Waals surface area contributed by atoms with Crippen molar-refractivity contribution in [2.24, 2.45) is 0 Å². The zero-order valence-corrected chi connectivity index (χ0v) is 13.2. The van der Waals surface area contributed by atoms with Gasteiger partial charge < -0.3 is 10.1 Å². The zero-order chi connectivity index (χ0) is 15.2. The molecular formula is C15H23N5O. The van der Waals surface area contributed by atoms with Crippen LogP contribution in [0, 0.1) is 13.8 Å². The summed E-state index contributed by atoms with van der Waals surface area (Å²) < 4.78 is 5.80. The lowest BCUT2D eigenvalue weighted by Crippen LogP contribution is -2.09. The fourth-order valence-electron chi connectivity index (χ4n) is 1.93. The van der Waals surface area contributed by atoms with Gasteiger partial charge in [-0.3, -0.25) is 5.10 Å². The van der Waals surface area contributed by atoms with Crippen LogP contribution >= 0.6 is 0 Å². The number of hydrogen-bond acceptors (Lipinski definition) is 5. The Kier molecular flexibility index (Phi) is 5.14. The minimum atomic E-state index is 0.526. The standard InChI is InChI=1S/C15H23N5O/c1-5-7-12-17-14(16-8-6-2)11(4)15(18-12)21-13-9-10(3)19-20-13/h9H,5-8H2,1-4H3,(H,19,20)(H,16,17,18). The third kappa shape index (κ3) is 3.93. The number of aromatic nitrogens is 4. The molecule has 0 bridgehead atoms. The van der Waals surface area contributed by atoms with Crippen molar-refractivity contribution in [3.05, 3.63) is 23.1 Å². The lowest BCUT2D eigenvalue weighted by atomic mass is 10.2. The predicted molar refractivity (Wildman–Crippen MR) is 82.9 cm³/mol. The molecule has 0 saturated heterocycles. The average Bonchev–Trinajstić information content (AvgIpc) is 2.86. The Morgan fingerprint density at radius 3 is 2.62 bits per heavy atom. The number of rotatable bonds is 7. The van der Waals surface area contributed by atoms with Crippen LogP contribution in [0.25, 0.3) is 0 Å². The van der Waals surface area contributed by atoms with E-state index in [4.69, 9.17) is 4.74 Å². The summed E-state index contributed by atoms with van der Waals surface area (Å²) in [6.45, 7) is 9.01. The number of aryl methyl sites for hydroxylation is 2. The van der Waals surface area contributed by atoms with E-state index in [0.29, 0.717) is 11.8 Å². The van der Waals surface area contributed by atoms with Gasteiger partial charge in [0.05, 0.1) is 5.56 Å². The van der Waals surface area contributed by atoms with E-state index in [1.165, 1.54) is 0 Å². The molecular weight excluding hydrogens is 266 g/mol. The van der Waals surface area contributed by atoms with E-state index in [1.54, 1.807) is 0 Å². The van der Waals surface area contributed by atoms with Gasteiger partial charge in [0.25, 0.3) is 0 Å². The molecule has 2 N–H and O–H groups in total. The molecule has 0 saturated carbocycles. The molecule has 0 spiro atoms. The van der Waals surface area contributed by atoms with Gasteiger partial charge in [0.15, 0.2) is 0 Å². The third-order valence-electron chi connectivity index (χ3n) is 3.05. The van der Waals surface area contributed by atoms with E-state index in [0.717, 1.165) is 48.7 Å². The van der Waals surface area contributed by atoms with Crippen LogP contribution in [0.1, 0.15) is 43.8 Å². The van der Waals surface area contributed by atoms with Crippen molar-refractivity contribution in [2.45, 2.75) is 47.0 Å². The van der Waals surface area contributed by atoms with Crippen molar-refractivity contribution in [1.82, 2.24) is 20.2 Å². The molecule has 2 heterocycles. The van der Waals surface area contributed by atoms with Gasteiger partial charge in [-0.1, -0.05) is 13.8 Å². The van der Waals surface area contributed by atoms with E-state index in [1.807, 2.05) is 19.9 Å². The van der Waals surface area contributed by atoms with Crippen molar-refractivity contribution in [3.63, 3.8) is 0 Å². The number of nitrogens with zero attached hydrogens (tertiary/aromatic N) is 3. The normalized spacial score (nSPS) is 10.7. The van der Waals surface area contributed by atoms with Crippen molar-refractivity contribution in [2.75, 3.05) is 11.9 Å². The second-order valence-corrected chi connectivity index (χ2v) is 5.09. The monoisotopic (exact) mass is 289 g/mol. The van der Waals surface area contributed by atoms with E-state index in [2.05, 4.69) is 39.3 Å². The van der Waals surface area contributed by atoms with Gasteiger partial charge >= 0.3 is 0 Å². The number of H-pyrrole nitrogens is 1. The van der Waals surface area contributed by atoms with Crippen molar-refractivity contribution < 1.29 is 4.74 Å². The first-order valence-electron chi connectivity index (χ1n) is 7.45. The Balaban J connectivity index is 2.30. The summed E-state index contributed by atoms with van der Waals surface area (Å²) >= 11 is 0. The summed E-state index contributed by atoms with van der Waals surface area (Å²) in [7, 11) is 0. The Morgan fingerprint density at radius 1 is 1.19 bits per heavy atom. The van der Waals surface area contributed by atoms with Crippen LogP contribution in [0.4, 0.5) is 5.82 Å². The minimum Gasteiger partial charge on any atom is -0.419 e. The molecule has 0 fully saturated rings. The molecule has 6 heteroatoms. The van der Waals surface area contributed by atoms with Crippen molar-refractivity contribution in [3.8, 4) is 11.8 Å². The van der Waals surface area contributed by atoms with Crippen LogP contribution < -0.4 is 10.1 Å². The van der Waals surface area contributed by atoms with E-state index in [9.17, 15) is 0 Å². The van der Waals surface area contributed by atoms with Gasteiger partial charge in [0.2, 0.25) is 11.8 Å². The number of ether oxygens (including phenoxy) is 1. The highest BCUT2D eigenvalue weighted by Crippen LogP contribution is 2.26. The first kappa shape index (κ1) is 15.3. The Hall–Kier alpha value is -2.11. The van der Waals surface area contributed by atoms with E-state index < -0.39 is 0 Å². The molecule has 2 aromatic heterocycles. The largest absolute Gasteiger partial charge is 0.419 e. The van der Waals surface area contributed by atoms with Gasteiger partial charge in [-0.2, -0.15) is 4.98 Å². The SMILES string of the molecule is CCCNc1nc(CCC)nc(Oc2cc(C)[nH]n2)c1C. The van der Waals surface area contributed by atoms with Crippen LogP contribution in [0.5, 0.6) is 11.8 Å². The Morgan fingerprint density at radius 2 is 2.00 bits per heavy atom. The fraction of sp³-hybridized carbons (Fsp3) is 0.533. The molecule has 2 rings (SSSR count). The highest BCUT2D eigenvalue weighted by atomic mass is 16.5. The van der Waals surface area contributed by atoms with Gasteiger partial charge in [0, 0.05) is 24.7 Å². The Bertz CT molecular complexity index is 594. The zero-order valence-electron chi connectivity index (χ0n) is 13.2. The molecule has 0 aliphatic heterocycles. The summed E-state index contributed by atoms with van der Waals surface area (Å²) in [5.74, 6) is 2.73. The summed E-state index contributed by atoms with van der Waals surface area (Å²) in [6.07, 6.45) is 2.87. The van der Waals surface area contributed by atoms with Gasteiger partial charge in [0.1, 0.15) is 11.6 Å². The van der Waals surface area contributed by atoms with E-state index in [-0.39, 0.29) is 0 Å². The number of hydrogen-bond donors (Lipinski definition) is 2. The van der Waals surface area contributed by atoms with Crippen molar-refractivity contribution in [1.29, 1.82) is 0 Å². The van der Waals surface area contributed by atoms with Crippen molar-refractivity contribution >= 4 is 5.82 Å². The lowest BCUT2D eigenvalue weighted by Gasteiger charge is -2.13.